The van der Waals surface area contributed by atoms with Gasteiger partial charge in [0, 0.05) is 26.5 Å². The van der Waals surface area contributed by atoms with Crippen molar-refractivity contribution in [3.05, 3.63) is 41.8 Å². The van der Waals surface area contributed by atoms with Gasteiger partial charge in [-0.15, -0.1) is 5.73 Å². The van der Waals surface area contributed by atoms with Gasteiger partial charge >= 0.3 is 0 Å². The maximum Gasteiger partial charge on any atom is 0.0670 e. The molecular formula is C16H25N3. The lowest BCUT2D eigenvalue weighted by atomic mass is 10.1. The number of hydrogen-bond acceptors (Lipinski definition) is 3. The summed E-state index contributed by atoms with van der Waals surface area (Å²) in [5.74, 6) is 0.468. The summed E-state index contributed by atoms with van der Waals surface area (Å²) in [6.07, 6.45) is 15.6. The van der Waals surface area contributed by atoms with Crippen LogP contribution in [0.5, 0.6) is 0 Å². The predicted molar refractivity (Wildman–Crippen MR) is 83.1 cm³/mol. The number of hydrazine groups is 1. The molecule has 0 aliphatic heterocycles. The smallest absolute Gasteiger partial charge is 0.0670 e. The molecule has 0 spiro atoms. The van der Waals surface area contributed by atoms with Crippen LogP contribution in [0.15, 0.2) is 46.8 Å². The van der Waals surface area contributed by atoms with Crippen LogP contribution in [0.1, 0.15) is 26.2 Å². The normalized spacial score (nSPS) is 16.9. The minimum absolute atomic E-state index is 0.468. The van der Waals surface area contributed by atoms with E-state index in [1.54, 1.807) is 0 Å². The van der Waals surface area contributed by atoms with Gasteiger partial charge in [0.15, 0.2) is 0 Å². The van der Waals surface area contributed by atoms with E-state index >= 15 is 0 Å². The number of allylic oxidation sites excluding steroid dienone is 3. The van der Waals surface area contributed by atoms with Crippen LogP contribution in [-0.4, -0.2) is 31.9 Å². The van der Waals surface area contributed by atoms with Gasteiger partial charge in [-0.25, -0.2) is 5.43 Å². The van der Waals surface area contributed by atoms with E-state index in [-0.39, 0.29) is 0 Å². The molecule has 1 unspecified atom stereocenters. The Balaban J connectivity index is 2.30. The molecular weight excluding hydrogens is 234 g/mol. The number of rotatable bonds is 7. The molecule has 0 radical (unpaired) electrons. The fourth-order valence-electron chi connectivity index (χ4n) is 1.70. The molecule has 0 heterocycles. The molecule has 1 N–H and O–H groups in total. The zero-order valence-corrected chi connectivity index (χ0v) is 12.3. The third-order valence-electron chi connectivity index (χ3n) is 2.96. The average molecular weight is 259 g/mol. The quantitative estimate of drug-likeness (QED) is 0.432. The molecule has 3 nitrogen and oxygen atoms in total. The van der Waals surface area contributed by atoms with Crippen molar-refractivity contribution in [1.29, 1.82) is 0 Å². The van der Waals surface area contributed by atoms with E-state index in [2.05, 4.69) is 47.5 Å². The van der Waals surface area contributed by atoms with Crippen LogP contribution < -0.4 is 5.43 Å². The zero-order valence-electron chi connectivity index (χ0n) is 12.3. The van der Waals surface area contributed by atoms with E-state index in [4.69, 9.17) is 0 Å². The Morgan fingerprint density at radius 3 is 3.21 bits per heavy atom. The number of aliphatic imine (C=N–C) groups is 1. The first-order chi connectivity index (χ1) is 9.22. The lowest BCUT2D eigenvalue weighted by Crippen LogP contribution is -2.24. The van der Waals surface area contributed by atoms with Crippen molar-refractivity contribution in [1.82, 2.24) is 10.4 Å². The Bertz CT molecular complexity index is 398. The fourth-order valence-corrected chi connectivity index (χ4v) is 1.70. The molecule has 0 bridgehead atoms. The number of nitrogens with zero attached hydrogens (tertiary/aromatic N) is 2. The Kier molecular flexibility index (Phi) is 7.64. The van der Waals surface area contributed by atoms with Crippen LogP contribution >= 0.6 is 0 Å². The first-order valence-electron chi connectivity index (χ1n) is 6.88. The van der Waals surface area contributed by atoms with Gasteiger partial charge in [0.1, 0.15) is 0 Å². The minimum atomic E-state index is 0.468. The average Bonchev–Trinajstić information content (AvgIpc) is 2.67. The topological polar surface area (TPSA) is 27.6 Å². The first kappa shape index (κ1) is 15.5. The number of hydrogen-bond donors (Lipinski definition) is 1. The van der Waals surface area contributed by atoms with Crippen molar-refractivity contribution in [2.45, 2.75) is 26.2 Å². The second kappa shape index (κ2) is 9.37. The molecule has 0 aromatic carbocycles. The summed E-state index contributed by atoms with van der Waals surface area (Å²) in [6.45, 7) is 2.97. The molecule has 3 heteroatoms. The molecule has 0 aromatic rings. The molecule has 0 aromatic heterocycles. The van der Waals surface area contributed by atoms with E-state index in [9.17, 15) is 0 Å². The van der Waals surface area contributed by atoms with Crippen LogP contribution in [0.3, 0.4) is 0 Å². The van der Waals surface area contributed by atoms with E-state index < -0.39 is 0 Å². The summed E-state index contributed by atoms with van der Waals surface area (Å²) in [7, 11) is 3.88. The Morgan fingerprint density at radius 1 is 1.58 bits per heavy atom. The fraction of sp³-hybridized carbons (Fsp3) is 0.500. The molecule has 1 rings (SSSR count). The van der Waals surface area contributed by atoms with Gasteiger partial charge in [0.2, 0.25) is 0 Å². The largest absolute Gasteiger partial charge is 0.319 e. The van der Waals surface area contributed by atoms with Gasteiger partial charge in [0.05, 0.1) is 6.54 Å². The van der Waals surface area contributed by atoms with E-state index in [1.807, 2.05) is 31.4 Å². The lowest BCUT2D eigenvalue weighted by Gasteiger charge is -2.11. The second-order valence-corrected chi connectivity index (χ2v) is 4.80. The molecule has 0 saturated heterocycles. The maximum atomic E-state index is 4.52. The minimum Gasteiger partial charge on any atom is -0.319 e. The molecule has 0 fully saturated rings. The first-order valence-corrected chi connectivity index (χ1v) is 6.88. The van der Waals surface area contributed by atoms with Gasteiger partial charge in [0.25, 0.3) is 0 Å². The van der Waals surface area contributed by atoms with E-state index in [0.29, 0.717) is 5.92 Å². The van der Waals surface area contributed by atoms with Crippen LogP contribution in [0.2, 0.25) is 0 Å². The number of nitrogens with one attached hydrogen (secondary N) is 1. The van der Waals surface area contributed by atoms with Crippen LogP contribution in [-0.2, 0) is 0 Å². The Morgan fingerprint density at radius 2 is 2.42 bits per heavy atom. The molecule has 104 valence electrons. The monoisotopic (exact) mass is 259 g/mol. The standard InChI is InChI=1S/C16H25N3/c1-15(9-8-12-19(3)17-2)13-18-14-16-10-6-4-5-7-11-16/h4-6,8,12-13,15,17H,7,9,11,14H2,1-3H3. The van der Waals surface area contributed by atoms with Crippen molar-refractivity contribution in [3.63, 3.8) is 0 Å². The van der Waals surface area contributed by atoms with Crippen molar-refractivity contribution in [2.75, 3.05) is 20.6 Å². The molecule has 0 saturated carbocycles. The van der Waals surface area contributed by atoms with Crippen molar-refractivity contribution < 1.29 is 0 Å². The SMILES string of the molecule is CNN(C)C=CCC(C)C=NCC1=C=CC=CCC1. The van der Waals surface area contributed by atoms with E-state index in [0.717, 1.165) is 25.8 Å². The zero-order chi connectivity index (χ0) is 13.9. The van der Waals surface area contributed by atoms with Gasteiger partial charge in [-0.1, -0.05) is 25.2 Å². The van der Waals surface area contributed by atoms with Crippen molar-refractivity contribution in [2.24, 2.45) is 10.9 Å². The summed E-state index contributed by atoms with van der Waals surface area (Å²) < 4.78 is 0. The summed E-state index contributed by atoms with van der Waals surface area (Å²) in [6, 6.07) is 0. The highest BCUT2D eigenvalue weighted by atomic mass is 15.5. The van der Waals surface area contributed by atoms with Crippen LogP contribution in [0, 0.1) is 5.92 Å². The summed E-state index contributed by atoms with van der Waals surface area (Å²) in [4.78, 5) is 4.52. The lowest BCUT2D eigenvalue weighted by molar-refractivity contribution is 0.364. The third-order valence-corrected chi connectivity index (χ3v) is 2.96. The van der Waals surface area contributed by atoms with Crippen LogP contribution in [0.4, 0.5) is 0 Å². The van der Waals surface area contributed by atoms with Gasteiger partial charge < -0.3 is 5.01 Å². The molecule has 0 amide bonds. The molecule has 1 atom stereocenters. The van der Waals surface area contributed by atoms with Gasteiger partial charge in [-0.3, -0.25) is 4.99 Å². The summed E-state index contributed by atoms with van der Waals surface area (Å²) in [5, 5.41) is 1.93. The molecule has 19 heavy (non-hydrogen) atoms. The van der Waals surface area contributed by atoms with Crippen molar-refractivity contribution >= 4 is 6.21 Å². The Hall–Kier alpha value is -1.57. The van der Waals surface area contributed by atoms with Crippen molar-refractivity contribution in [3.8, 4) is 0 Å². The molecule has 1 aliphatic rings. The highest BCUT2D eigenvalue weighted by Gasteiger charge is 1.97. The highest BCUT2D eigenvalue weighted by Crippen LogP contribution is 2.08. The highest BCUT2D eigenvalue weighted by molar-refractivity contribution is 5.60. The second-order valence-electron chi connectivity index (χ2n) is 4.80. The third kappa shape index (κ3) is 7.45. The predicted octanol–water partition coefficient (Wildman–Crippen LogP) is 3.09. The van der Waals surface area contributed by atoms with Crippen LogP contribution in [0.25, 0.3) is 0 Å². The van der Waals surface area contributed by atoms with Gasteiger partial charge in [-0.05, 0) is 36.8 Å². The van der Waals surface area contributed by atoms with E-state index in [1.165, 1.54) is 5.57 Å². The molecule has 1 aliphatic carbocycles. The van der Waals surface area contributed by atoms with Gasteiger partial charge in [-0.2, -0.15) is 0 Å². The summed E-state index contributed by atoms with van der Waals surface area (Å²) >= 11 is 0. The maximum absolute atomic E-state index is 4.52. The summed E-state index contributed by atoms with van der Waals surface area (Å²) in [5.41, 5.74) is 7.60. The Labute approximate surface area is 117 Å².